The lowest BCUT2D eigenvalue weighted by Crippen LogP contribution is -2.32. The summed E-state index contributed by atoms with van der Waals surface area (Å²) in [4.78, 5) is 25.6. The highest BCUT2D eigenvalue weighted by molar-refractivity contribution is 5.80. The van der Waals surface area contributed by atoms with Crippen LogP contribution in [0.5, 0.6) is 0 Å². The molecule has 1 heterocycles. The average Bonchev–Trinajstić information content (AvgIpc) is 3.09. The molecule has 25 heavy (non-hydrogen) atoms. The molecule has 1 aliphatic heterocycles. The first-order valence-corrected chi connectivity index (χ1v) is 8.32. The standard InChI is InChI=1S/C20H21NO4/c22-19(14-25-13-15-7-3-1-4-8-15)21-11-17(18(12-21)20(23)24)16-9-5-2-6-10-16/h1-10,17-18H,11-14H2,(H,23,24)/t17-,18+/m0/s1. The van der Waals surface area contributed by atoms with Crippen LogP contribution >= 0.6 is 0 Å². The molecule has 0 radical (unpaired) electrons. The highest BCUT2D eigenvalue weighted by atomic mass is 16.5. The Morgan fingerprint density at radius 3 is 2.28 bits per heavy atom. The SMILES string of the molecule is O=C(O)[C@@H]1CN(C(=O)COCc2ccccc2)C[C@H]1c1ccccc1. The van der Waals surface area contributed by atoms with Gasteiger partial charge in [0.05, 0.1) is 12.5 Å². The summed E-state index contributed by atoms with van der Waals surface area (Å²) in [7, 11) is 0. The van der Waals surface area contributed by atoms with Crippen molar-refractivity contribution in [2.75, 3.05) is 19.7 Å². The van der Waals surface area contributed by atoms with Gasteiger partial charge in [0.2, 0.25) is 5.91 Å². The smallest absolute Gasteiger partial charge is 0.308 e. The Morgan fingerprint density at radius 2 is 1.64 bits per heavy atom. The lowest BCUT2D eigenvalue weighted by atomic mass is 9.89. The second-order valence-electron chi connectivity index (χ2n) is 6.24. The van der Waals surface area contributed by atoms with E-state index < -0.39 is 11.9 Å². The van der Waals surface area contributed by atoms with Crippen molar-refractivity contribution in [1.82, 2.24) is 4.90 Å². The van der Waals surface area contributed by atoms with Gasteiger partial charge in [0.25, 0.3) is 0 Å². The molecule has 0 unspecified atom stereocenters. The summed E-state index contributed by atoms with van der Waals surface area (Å²) in [5.41, 5.74) is 1.96. The molecule has 3 rings (SSSR count). The summed E-state index contributed by atoms with van der Waals surface area (Å²) in [5.74, 6) is -1.80. The number of ether oxygens (including phenoxy) is 1. The van der Waals surface area contributed by atoms with E-state index in [-0.39, 0.29) is 25.0 Å². The van der Waals surface area contributed by atoms with Crippen molar-refractivity contribution in [2.45, 2.75) is 12.5 Å². The summed E-state index contributed by atoms with van der Waals surface area (Å²) in [6, 6.07) is 19.2. The molecule has 5 nitrogen and oxygen atoms in total. The van der Waals surface area contributed by atoms with Crippen LogP contribution in [0.4, 0.5) is 0 Å². The van der Waals surface area contributed by atoms with E-state index >= 15 is 0 Å². The maximum atomic E-state index is 12.4. The van der Waals surface area contributed by atoms with Crippen LogP contribution in [0.25, 0.3) is 0 Å². The van der Waals surface area contributed by atoms with Gasteiger partial charge in [0.1, 0.15) is 6.61 Å². The maximum absolute atomic E-state index is 12.4. The first kappa shape index (κ1) is 17.2. The predicted molar refractivity (Wildman–Crippen MR) is 93.0 cm³/mol. The number of nitrogens with zero attached hydrogens (tertiary/aromatic N) is 1. The fraction of sp³-hybridized carbons (Fsp3) is 0.300. The zero-order valence-electron chi connectivity index (χ0n) is 13.9. The fourth-order valence-corrected chi connectivity index (χ4v) is 3.22. The molecule has 5 heteroatoms. The maximum Gasteiger partial charge on any atom is 0.308 e. The van der Waals surface area contributed by atoms with E-state index in [1.165, 1.54) is 0 Å². The number of hydrogen-bond donors (Lipinski definition) is 1. The number of carbonyl (C=O) groups excluding carboxylic acids is 1. The minimum atomic E-state index is -0.866. The van der Waals surface area contributed by atoms with E-state index in [0.717, 1.165) is 11.1 Å². The topological polar surface area (TPSA) is 66.8 Å². The highest BCUT2D eigenvalue weighted by Crippen LogP contribution is 2.32. The number of benzene rings is 2. The van der Waals surface area contributed by atoms with Gasteiger partial charge in [-0.25, -0.2) is 0 Å². The highest BCUT2D eigenvalue weighted by Gasteiger charge is 2.40. The molecule has 0 aromatic heterocycles. The van der Waals surface area contributed by atoms with Gasteiger partial charge in [-0.2, -0.15) is 0 Å². The van der Waals surface area contributed by atoms with E-state index in [1.54, 1.807) is 4.90 Å². The molecular formula is C20H21NO4. The molecule has 0 aliphatic carbocycles. The van der Waals surface area contributed by atoms with Crippen molar-refractivity contribution < 1.29 is 19.4 Å². The number of likely N-dealkylation sites (tertiary alicyclic amines) is 1. The van der Waals surface area contributed by atoms with Crippen LogP contribution in [-0.4, -0.2) is 41.6 Å². The number of carboxylic acid groups (broad SMARTS) is 1. The monoisotopic (exact) mass is 339 g/mol. The van der Waals surface area contributed by atoms with Crippen molar-refractivity contribution in [3.8, 4) is 0 Å². The zero-order valence-corrected chi connectivity index (χ0v) is 13.9. The molecule has 0 bridgehead atoms. The van der Waals surface area contributed by atoms with Gasteiger partial charge in [-0.3, -0.25) is 9.59 Å². The molecule has 1 saturated heterocycles. The summed E-state index contributed by atoms with van der Waals surface area (Å²) in [6.45, 7) is 0.963. The molecule has 1 N–H and O–H groups in total. The van der Waals surface area contributed by atoms with E-state index in [9.17, 15) is 14.7 Å². The number of carboxylic acids is 1. The summed E-state index contributed by atoms with van der Waals surface area (Å²) in [5, 5.41) is 9.50. The minimum Gasteiger partial charge on any atom is -0.481 e. The second-order valence-corrected chi connectivity index (χ2v) is 6.24. The summed E-state index contributed by atoms with van der Waals surface area (Å²) in [6.07, 6.45) is 0. The van der Waals surface area contributed by atoms with Crippen molar-refractivity contribution in [1.29, 1.82) is 0 Å². The van der Waals surface area contributed by atoms with Crippen molar-refractivity contribution in [2.24, 2.45) is 5.92 Å². The molecule has 1 amide bonds. The summed E-state index contributed by atoms with van der Waals surface area (Å²) >= 11 is 0. The van der Waals surface area contributed by atoms with Crippen LogP contribution in [0.15, 0.2) is 60.7 Å². The lowest BCUT2D eigenvalue weighted by Gasteiger charge is -2.16. The number of rotatable bonds is 6. The number of hydrogen-bond acceptors (Lipinski definition) is 3. The van der Waals surface area contributed by atoms with Crippen molar-refractivity contribution in [3.63, 3.8) is 0 Å². The van der Waals surface area contributed by atoms with Gasteiger partial charge < -0.3 is 14.7 Å². The number of carbonyl (C=O) groups is 2. The third kappa shape index (κ3) is 4.25. The van der Waals surface area contributed by atoms with Crippen molar-refractivity contribution >= 4 is 11.9 Å². The van der Waals surface area contributed by atoms with Crippen molar-refractivity contribution in [3.05, 3.63) is 71.8 Å². The van der Waals surface area contributed by atoms with E-state index in [2.05, 4.69) is 0 Å². The van der Waals surface area contributed by atoms with E-state index in [4.69, 9.17) is 4.74 Å². The Labute approximate surface area is 146 Å². The van der Waals surface area contributed by atoms with Crippen LogP contribution < -0.4 is 0 Å². The molecular weight excluding hydrogens is 318 g/mol. The first-order valence-electron chi connectivity index (χ1n) is 8.32. The van der Waals surface area contributed by atoms with Crippen LogP contribution in [-0.2, 0) is 20.9 Å². The van der Waals surface area contributed by atoms with Crippen LogP contribution in [0.3, 0.4) is 0 Å². The Morgan fingerprint density at radius 1 is 1.00 bits per heavy atom. The molecule has 0 saturated carbocycles. The van der Waals surface area contributed by atoms with Crippen LogP contribution in [0.2, 0.25) is 0 Å². The third-order valence-electron chi connectivity index (χ3n) is 4.55. The van der Waals surface area contributed by atoms with E-state index in [0.29, 0.717) is 13.2 Å². The van der Waals surface area contributed by atoms with Gasteiger partial charge in [-0.1, -0.05) is 60.7 Å². The van der Waals surface area contributed by atoms with Gasteiger partial charge in [-0.15, -0.1) is 0 Å². The summed E-state index contributed by atoms with van der Waals surface area (Å²) < 4.78 is 5.49. The predicted octanol–water partition coefficient (Wildman–Crippen LogP) is 2.53. The second kappa shape index (κ2) is 7.94. The van der Waals surface area contributed by atoms with Crippen LogP contribution in [0, 0.1) is 5.92 Å². The van der Waals surface area contributed by atoms with Gasteiger partial charge in [-0.05, 0) is 11.1 Å². The molecule has 1 aliphatic rings. The molecule has 2 aromatic rings. The first-order chi connectivity index (χ1) is 12.1. The van der Waals surface area contributed by atoms with Gasteiger partial charge >= 0.3 is 5.97 Å². The Bertz CT molecular complexity index is 717. The number of amides is 1. The molecule has 1 fully saturated rings. The zero-order chi connectivity index (χ0) is 17.6. The minimum absolute atomic E-state index is 0.0389. The van der Waals surface area contributed by atoms with Crippen LogP contribution in [0.1, 0.15) is 17.0 Å². The average molecular weight is 339 g/mol. The Hall–Kier alpha value is -2.66. The van der Waals surface area contributed by atoms with Gasteiger partial charge in [0, 0.05) is 19.0 Å². The fourth-order valence-electron chi connectivity index (χ4n) is 3.22. The third-order valence-corrected chi connectivity index (χ3v) is 4.55. The number of aliphatic carboxylic acids is 1. The quantitative estimate of drug-likeness (QED) is 0.878. The van der Waals surface area contributed by atoms with E-state index in [1.807, 2.05) is 60.7 Å². The largest absolute Gasteiger partial charge is 0.481 e. The normalized spacial score (nSPS) is 19.8. The molecule has 0 spiro atoms. The lowest BCUT2D eigenvalue weighted by molar-refractivity contribution is -0.142. The molecule has 130 valence electrons. The molecule has 2 atom stereocenters. The molecule has 2 aromatic carbocycles. The Balaban J connectivity index is 1.59. The Kier molecular flexibility index (Phi) is 5.46. The van der Waals surface area contributed by atoms with Gasteiger partial charge in [0.15, 0.2) is 0 Å².